The number of hydrogen-bond donors (Lipinski definition) is 0. The molecule has 0 aliphatic heterocycles. The summed E-state index contributed by atoms with van der Waals surface area (Å²) in [5.41, 5.74) is 1.74. The average molecular weight is 539 g/mol. The summed E-state index contributed by atoms with van der Waals surface area (Å²) < 4.78 is 23.5. The summed E-state index contributed by atoms with van der Waals surface area (Å²) in [5.74, 6) is 0.652. The van der Waals surface area contributed by atoms with E-state index in [1.165, 1.54) is 0 Å². The standard InChI is InChI=1S/C33H46O6/c1-8-10-12-14-28(38-32(34)23(3)4)21-36-27-18-16-26-17-19-31(25(7)30(26)20-27)37-22-29(15-13-11-9-2)39-33(35)24(5)6/h16-20,28-29H,3,5,8-15,21-22H2,1-2,4,6-7H3. The molecule has 0 saturated carbocycles. The van der Waals surface area contributed by atoms with Gasteiger partial charge in [0.1, 0.15) is 36.9 Å². The van der Waals surface area contributed by atoms with E-state index in [9.17, 15) is 9.59 Å². The van der Waals surface area contributed by atoms with Gasteiger partial charge in [0.2, 0.25) is 0 Å². The van der Waals surface area contributed by atoms with E-state index in [2.05, 4.69) is 27.0 Å². The minimum absolute atomic E-state index is 0.275. The molecule has 0 aliphatic rings. The molecule has 214 valence electrons. The highest BCUT2D eigenvalue weighted by Crippen LogP contribution is 2.31. The number of carbonyl (C=O) groups is 2. The van der Waals surface area contributed by atoms with Crippen molar-refractivity contribution in [1.82, 2.24) is 0 Å². The molecular weight excluding hydrogens is 492 g/mol. The molecule has 6 nitrogen and oxygen atoms in total. The summed E-state index contributed by atoms with van der Waals surface area (Å²) >= 11 is 0. The molecule has 0 spiro atoms. The van der Waals surface area contributed by atoms with Crippen molar-refractivity contribution in [2.45, 2.75) is 98.2 Å². The van der Waals surface area contributed by atoms with E-state index >= 15 is 0 Å². The monoisotopic (exact) mass is 538 g/mol. The Morgan fingerprint density at radius 1 is 0.769 bits per heavy atom. The molecule has 0 aromatic heterocycles. The van der Waals surface area contributed by atoms with Crippen molar-refractivity contribution < 1.29 is 28.5 Å². The first-order chi connectivity index (χ1) is 18.7. The van der Waals surface area contributed by atoms with Crippen molar-refractivity contribution in [2.75, 3.05) is 13.2 Å². The normalized spacial score (nSPS) is 12.4. The van der Waals surface area contributed by atoms with Gasteiger partial charge in [0.25, 0.3) is 0 Å². The first-order valence-electron chi connectivity index (χ1n) is 14.2. The quantitative estimate of drug-likeness (QED) is 0.109. The van der Waals surface area contributed by atoms with E-state index in [4.69, 9.17) is 18.9 Å². The first-order valence-corrected chi connectivity index (χ1v) is 14.2. The Kier molecular flexibility index (Phi) is 13.6. The summed E-state index contributed by atoms with van der Waals surface area (Å²) in [6.07, 6.45) is 7.07. The second-order valence-electron chi connectivity index (χ2n) is 10.3. The summed E-state index contributed by atoms with van der Waals surface area (Å²) in [7, 11) is 0. The number of fused-ring (bicyclic) bond motifs is 1. The maximum absolute atomic E-state index is 12.1. The lowest BCUT2D eigenvalue weighted by Crippen LogP contribution is -2.25. The van der Waals surface area contributed by atoms with Gasteiger partial charge in [-0.3, -0.25) is 0 Å². The fourth-order valence-corrected chi connectivity index (χ4v) is 4.15. The Hall–Kier alpha value is -3.28. The lowest BCUT2D eigenvalue weighted by Gasteiger charge is -2.20. The van der Waals surface area contributed by atoms with Crippen LogP contribution in [0.1, 0.15) is 84.6 Å². The maximum atomic E-state index is 12.1. The number of rotatable bonds is 18. The fourth-order valence-electron chi connectivity index (χ4n) is 4.15. The van der Waals surface area contributed by atoms with Gasteiger partial charge in [-0.2, -0.15) is 0 Å². The van der Waals surface area contributed by atoms with Gasteiger partial charge in [-0.05, 0) is 81.0 Å². The minimum Gasteiger partial charge on any atom is -0.490 e. The largest absolute Gasteiger partial charge is 0.490 e. The summed E-state index contributed by atoms with van der Waals surface area (Å²) in [4.78, 5) is 24.2. The van der Waals surface area contributed by atoms with Gasteiger partial charge in [0, 0.05) is 11.1 Å². The van der Waals surface area contributed by atoms with Crippen LogP contribution in [0.4, 0.5) is 0 Å². The van der Waals surface area contributed by atoms with E-state index in [0.717, 1.165) is 73.5 Å². The molecule has 6 heteroatoms. The number of carbonyl (C=O) groups excluding carboxylic acids is 2. The van der Waals surface area contributed by atoms with Gasteiger partial charge in [0.15, 0.2) is 0 Å². The second kappa shape index (κ2) is 16.6. The van der Waals surface area contributed by atoms with Crippen LogP contribution in [-0.2, 0) is 19.1 Å². The fraction of sp³-hybridized carbons (Fsp3) is 0.515. The van der Waals surface area contributed by atoms with Crippen LogP contribution in [0.5, 0.6) is 11.5 Å². The number of aryl methyl sites for hydroxylation is 1. The van der Waals surface area contributed by atoms with Crippen LogP contribution in [0.25, 0.3) is 10.8 Å². The SMILES string of the molecule is C=C(C)C(=O)OC(CCCCC)COc1ccc2ccc(OCC(CCCCC)OC(=O)C(=C)C)c(C)c2c1. The van der Waals surface area contributed by atoms with Crippen LogP contribution < -0.4 is 9.47 Å². The molecule has 0 N–H and O–H groups in total. The summed E-state index contributed by atoms with van der Waals surface area (Å²) in [6.45, 7) is 17.5. The smallest absolute Gasteiger partial charge is 0.333 e. The second-order valence-corrected chi connectivity index (χ2v) is 10.3. The Morgan fingerprint density at radius 2 is 1.28 bits per heavy atom. The van der Waals surface area contributed by atoms with E-state index in [0.29, 0.717) is 16.9 Å². The van der Waals surface area contributed by atoms with Gasteiger partial charge in [-0.25, -0.2) is 9.59 Å². The Bertz CT molecular complexity index is 1110. The van der Waals surface area contributed by atoms with E-state index in [-0.39, 0.29) is 31.4 Å². The zero-order valence-corrected chi connectivity index (χ0v) is 24.5. The molecule has 2 aromatic carbocycles. The average Bonchev–Trinajstić information content (AvgIpc) is 2.91. The van der Waals surface area contributed by atoms with Crippen molar-refractivity contribution in [3.05, 3.63) is 60.2 Å². The van der Waals surface area contributed by atoms with Crippen LogP contribution in [0.15, 0.2) is 54.6 Å². The molecule has 0 amide bonds. The van der Waals surface area contributed by atoms with Crippen LogP contribution in [0.2, 0.25) is 0 Å². The van der Waals surface area contributed by atoms with E-state index in [1.54, 1.807) is 13.8 Å². The van der Waals surface area contributed by atoms with Crippen molar-refractivity contribution in [2.24, 2.45) is 0 Å². The predicted molar refractivity (Wildman–Crippen MR) is 157 cm³/mol. The van der Waals surface area contributed by atoms with E-state index < -0.39 is 5.97 Å². The molecule has 39 heavy (non-hydrogen) atoms. The van der Waals surface area contributed by atoms with Crippen LogP contribution in [0, 0.1) is 6.92 Å². The molecule has 0 bridgehead atoms. The lowest BCUT2D eigenvalue weighted by molar-refractivity contribution is -0.147. The van der Waals surface area contributed by atoms with Gasteiger partial charge < -0.3 is 18.9 Å². The predicted octanol–water partition coefficient (Wildman–Crippen LogP) is 8.04. The molecule has 2 unspecified atom stereocenters. The summed E-state index contributed by atoms with van der Waals surface area (Å²) in [5, 5.41) is 2.07. The molecule has 0 aliphatic carbocycles. The Labute approximate surface area is 234 Å². The Morgan fingerprint density at radius 3 is 1.79 bits per heavy atom. The number of benzene rings is 2. The Balaban J connectivity index is 2.13. The maximum Gasteiger partial charge on any atom is 0.333 e. The zero-order valence-electron chi connectivity index (χ0n) is 24.5. The molecule has 0 saturated heterocycles. The van der Waals surface area contributed by atoms with Crippen molar-refractivity contribution in [1.29, 1.82) is 0 Å². The van der Waals surface area contributed by atoms with Crippen LogP contribution >= 0.6 is 0 Å². The molecule has 2 aromatic rings. The zero-order chi connectivity index (χ0) is 28.8. The minimum atomic E-state index is -0.391. The van der Waals surface area contributed by atoms with Crippen molar-refractivity contribution >= 4 is 22.7 Å². The van der Waals surface area contributed by atoms with Crippen LogP contribution in [-0.4, -0.2) is 37.4 Å². The van der Waals surface area contributed by atoms with Gasteiger partial charge in [-0.1, -0.05) is 64.8 Å². The number of hydrogen-bond acceptors (Lipinski definition) is 6. The number of ether oxygens (including phenoxy) is 4. The molecule has 2 rings (SSSR count). The highest BCUT2D eigenvalue weighted by molar-refractivity contribution is 5.89. The first kappa shape index (κ1) is 31.9. The van der Waals surface area contributed by atoms with Gasteiger partial charge >= 0.3 is 11.9 Å². The highest BCUT2D eigenvalue weighted by Gasteiger charge is 2.18. The van der Waals surface area contributed by atoms with E-state index in [1.807, 2.05) is 37.3 Å². The van der Waals surface area contributed by atoms with Gasteiger partial charge in [-0.15, -0.1) is 0 Å². The molecule has 0 radical (unpaired) electrons. The molecule has 0 heterocycles. The van der Waals surface area contributed by atoms with Gasteiger partial charge in [0.05, 0.1) is 0 Å². The highest BCUT2D eigenvalue weighted by atomic mass is 16.6. The third-order valence-corrected chi connectivity index (χ3v) is 6.58. The molecule has 2 atom stereocenters. The third kappa shape index (κ3) is 10.8. The lowest BCUT2D eigenvalue weighted by atomic mass is 10.0. The summed E-state index contributed by atoms with van der Waals surface area (Å²) in [6, 6.07) is 9.88. The van der Waals surface area contributed by atoms with Crippen LogP contribution in [0.3, 0.4) is 0 Å². The van der Waals surface area contributed by atoms with Crippen molar-refractivity contribution in [3.8, 4) is 11.5 Å². The molecular formula is C33H46O6. The number of esters is 2. The topological polar surface area (TPSA) is 71.1 Å². The third-order valence-electron chi connectivity index (χ3n) is 6.58. The van der Waals surface area contributed by atoms with Crippen molar-refractivity contribution in [3.63, 3.8) is 0 Å². The number of unbranched alkanes of at least 4 members (excludes halogenated alkanes) is 4. The molecule has 0 fully saturated rings.